The Balaban J connectivity index is 0.735. The molecular weight excluding hydrogens is 786 g/mol. The summed E-state index contributed by atoms with van der Waals surface area (Å²) in [6, 6.07) is 25.8. The van der Waals surface area contributed by atoms with Gasteiger partial charge in [-0.2, -0.15) is 0 Å². The smallest absolute Gasteiger partial charge is 0.253 e. The van der Waals surface area contributed by atoms with E-state index < -0.39 is 5.82 Å². The van der Waals surface area contributed by atoms with Crippen molar-refractivity contribution in [3.8, 4) is 28.3 Å². The Morgan fingerprint density at radius 2 is 1.68 bits per heavy atom. The van der Waals surface area contributed by atoms with E-state index in [1.165, 1.54) is 11.0 Å². The van der Waals surface area contributed by atoms with Crippen molar-refractivity contribution in [1.82, 2.24) is 30.4 Å². The predicted octanol–water partition coefficient (Wildman–Crippen LogP) is 6.72. The van der Waals surface area contributed by atoms with Gasteiger partial charge in [0, 0.05) is 98.1 Å². The number of hydrogen-bond acceptors (Lipinski definition) is 8. The first-order valence-electron chi connectivity index (χ1n) is 21.8. The summed E-state index contributed by atoms with van der Waals surface area (Å²) in [4.78, 5) is 66.1. The average molecular weight is 838 g/mol. The zero-order chi connectivity index (χ0) is 42.7. The summed E-state index contributed by atoms with van der Waals surface area (Å²) in [7, 11) is 1.61. The number of amides is 4. The number of ether oxygens (including phenoxy) is 1. The Kier molecular flexibility index (Phi) is 11.9. The molecule has 0 spiro atoms. The topological polar surface area (TPSA) is 140 Å². The Morgan fingerprint density at radius 1 is 0.871 bits per heavy atom. The molecule has 13 heteroatoms. The summed E-state index contributed by atoms with van der Waals surface area (Å²) in [6.45, 7) is 5.53. The molecule has 4 amide bonds. The van der Waals surface area contributed by atoms with Crippen molar-refractivity contribution in [3.05, 3.63) is 125 Å². The number of halogens is 1. The van der Waals surface area contributed by atoms with E-state index in [-0.39, 0.29) is 47.7 Å². The number of carbonyl (C=O) groups is 4. The normalized spacial score (nSPS) is 20.7. The number of hydrogen-bond donors (Lipinski definition) is 3. The number of imide groups is 1. The predicted molar refractivity (Wildman–Crippen MR) is 234 cm³/mol. The number of nitrogens with zero attached hydrogens (tertiary/aromatic N) is 4. The highest BCUT2D eigenvalue weighted by atomic mass is 19.1. The molecule has 3 fully saturated rings. The molecule has 12 nitrogen and oxygen atoms in total. The molecule has 62 heavy (non-hydrogen) atoms. The van der Waals surface area contributed by atoms with Crippen LogP contribution >= 0.6 is 0 Å². The Morgan fingerprint density at radius 3 is 2.44 bits per heavy atom. The number of likely N-dealkylation sites (tertiary alicyclic amines) is 1. The maximum Gasteiger partial charge on any atom is 0.253 e. The second-order valence-electron chi connectivity index (χ2n) is 17.0. The van der Waals surface area contributed by atoms with Crippen LogP contribution in [0.2, 0.25) is 0 Å². The van der Waals surface area contributed by atoms with Crippen LogP contribution in [-0.4, -0.2) is 95.8 Å². The number of anilines is 1. The van der Waals surface area contributed by atoms with E-state index in [0.717, 1.165) is 104 Å². The van der Waals surface area contributed by atoms with Gasteiger partial charge in [0.05, 0.1) is 30.8 Å². The van der Waals surface area contributed by atoms with Gasteiger partial charge in [0.15, 0.2) is 0 Å². The Hall–Kier alpha value is -6.34. The lowest BCUT2D eigenvalue weighted by Crippen LogP contribution is -2.48. The number of piperazine rings is 1. The average Bonchev–Trinajstić information content (AvgIpc) is 3.75. The first-order valence-corrected chi connectivity index (χ1v) is 21.8. The highest BCUT2D eigenvalue weighted by Crippen LogP contribution is 2.34. The summed E-state index contributed by atoms with van der Waals surface area (Å²) in [6.07, 6.45) is 7.00. The van der Waals surface area contributed by atoms with Gasteiger partial charge in [-0.05, 0) is 110 Å². The molecule has 1 saturated carbocycles. The van der Waals surface area contributed by atoms with Crippen LogP contribution in [0.4, 0.5) is 10.1 Å². The van der Waals surface area contributed by atoms with E-state index in [4.69, 9.17) is 4.74 Å². The molecule has 4 aliphatic rings. The Bertz CT molecular complexity index is 2470. The van der Waals surface area contributed by atoms with Crippen LogP contribution in [0, 0.1) is 11.7 Å². The van der Waals surface area contributed by atoms with E-state index >= 15 is 4.39 Å². The largest absolute Gasteiger partial charge is 0.497 e. The van der Waals surface area contributed by atoms with Crippen LogP contribution in [-0.2, 0) is 22.6 Å². The van der Waals surface area contributed by atoms with Crippen LogP contribution < -0.4 is 20.3 Å². The van der Waals surface area contributed by atoms with E-state index in [0.29, 0.717) is 42.1 Å². The van der Waals surface area contributed by atoms with Crippen molar-refractivity contribution in [2.75, 3.05) is 51.3 Å². The van der Waals surface area contributed by atoms with Gasteiger partial charge in [-0.3, -0.25) is 34.0 Å². The van der Waals surface area contributed by atoms with Gasteiger partial charge >= 0.3 is 0 Å². The van der Waals surface area contributed by atoms with E-state index in [2.05, 4.69) is 42.5 Å². The molecule has 3 aromatic carbocycles. The number of aromatic amines is 1. The molecule has 0 bridgehead atoms. The molecular formula is C49H52FN7O5. The first-order chi connectivity index (χ1) is 30.2. The van der Waals surface area contributed by atoms with Gasteiger partial charge in [0.25, 0.3) is 11.8 Å². The van der Waals surface area contributed by atoms with Gasteiger partial charge < -0.3 is 25.3 Å². The van der Waals surface area contributed by atoms with Crippen LogP contribution in [0.15, 0.2) is 91.1 Å². The summed E-state index contributed by atoms with van der Waals surface area (Å²) < 4.78 is 20.8. The molecule has 3 N–H and O–H groups in total. The van der Waals surface area contributed by atoms with Gasteiger partial charge in [-0.1, -0.05) is 24.3 Å². The fourth-order valence-corrected chi connectivity index (χ4v) is 9.53. The summed E-state index contributed by atoms with van der Waals surface area (Å²) in [5.41, 5.74) is 7.05. The molecule has 2 saturated heterocycles. The lowest BCUT2D eigenvalue weighted by atomic mass is 9.85. The fourth-order valence-electron chi connectivity index (χ4n) is 9.53. The van der Waals surface area contributed by atoms with Gasteiger partial charge in [-0.25, -0.2) is 4.39 Å². The highest BCUT2D eigenvalue weighted by molar-refractivity contribution is 6.01. The SMILES string of the molecule is COc1ccc(CN2C(=O)CCC(c3cccc(N4CCN(CC5CCC(NC(=O)c6ccc(-c7cc(-c8cc9c([nH]8)CCNC9=O)ccn7)c(F)c6)CC5)CC4)c3)C2=O)cc1. The zero-order valence-corrected chi connectivity index (χ0v) is 35.0. The molecule has 1 unspecified atom stereocenters. The quantitative estimate of drug-likeness (QED) is 0.125. The second-order valence-corrected chi connectivity index (χ2v) is 17.0. The maximum absolute atomic E-state index is 15.5. The fraction of sp³-hybridized carbons (Fsp3) is 0.367. The molecule has 5 heterocycles. The number of H-pyrrole nitrogens is 1. The van der Waals surface area contributed by atoms with Crippen molar-refractivity contribution in [2.24, 2.45) is 5.92 Å². The number of pyridine rings is 1. The molecule has 2 aromatic heterocycles. The molecule has 1 aliphatic carbocycles. The van der Waals surface area contributed by atoms with Crippen molar-refractivity contribution in [2.45, 2.75) is 63.5 Å². The third-order valence-corrected chi connectivity index (χ3v) is 13.1. The standard InChI is InChI=1S/C49H52FN7O5/c1-62-38-12-7-32(8-13-38)30-57-46(58)16-15-39(49(57)61)33-3-2-4-37(25-33)56-23-21-55(22-24-56)29-31-5-10-36(11-6-31)53-47(59)35-9-14-40(42(50)26-35)45-27-34(17-19-51-45)44-28-41-43(54-44)18-20-52-48(41)60/h2-4,7-9,12-14,17,19,25-28,31,36,39,54H,5-6,10-11,15-16,18,20-24,29-30H2,1H3,(H,52,60)(H,53,59). The number of fused-ring (bicyclic) bond motifs is 1. The van der Waals surface area contributed by atoms with Crippen LogP contribution in [0.25, 0.3) is 22.5 Å². The van der Waals surface area contributed by atoms with Crippen LogP contribution in [0.3, 0.4) is 0 Å². The van der Waals surface area contributed by atoms with Gasteiger partial charge in [-0.15, -0.1) is 0 Å². The van der Waals surface area contributed by atoms with E-state index in [1.807, 2.05) is 48.5 Å². The van der Waals surface area contributed by atoms with Crippen molar-refractivity contribution in [1.29, 1.82) is 0 Å². The number of benzene rings is 3. The monoisotopic (exact) mass is 837 g/mol. The minimum absolute atomic E-state index is 0.0429. The van der Waals surface area contributed by atoms with Crippen molar-refractivity contribution < 1.29 is 28.3 Å². The lowest BCUT2D eigenvalue weighted by Gasteiger charge is -2.39. The van der Waals surface area contributed by atoms with E-state index in [1.54, 1.807) is 31.5 Å². The molecule has 3 aliphatic heterocycles. The molecule has 320 valence electrons. The van der Waals surface area contributed by atoms with Crippen LogP contribution in [0.5, 0.6) is 5.75 Å². The number of rotatable bonds is 11. The number of aromatic nitrogens is 2. The number of carbonyl (C=O) groups excluding carboxylic acids is 4. The molecule has 1 atom stereocenters. The van der Waals surface area contributed by atoms with Crippen molar-refractivity contribution >= 4 is 29.3 Å². The summed E-state index contributed by atoms with van der Waals surface area (Å²) >= 11 is 0. The molecule has 9 rings (SSSR count). The minimum atomic E-state index is -0.519. The second kappa shape index (κ2) is 17.9. The van der Waals surface area contributed by atoms with Crippen molar-refractivity contribution in [3.63, 3.8) is 0 Å². The number of nitrogens with one attached hydrogen (secondary N) is 3. The van der Waals surface area contributed by atoms with E-state index in [9.17, 15) is 19.2 Å². The number of piperidine rings is 1. The van der Waals surface area contributed by atoms with Crippen LogP contribution in [0.1, 0.15) is 82.0 Å². The Labute approximate surface area is 360 Å². The third kappa shape index (κ3) is 8.85. The highest BCUT2D eigenvalue weighted by Gasteiger charge is 2.36. The van der Waals surface area contributed by atoms with Gasteiger partial charge in [0.1, 0.15) is 11.6 Å². The number of methoxy groups -OCH3 is 1. The summed E-state index contributed by atoms with van der Waals surface area (Å²) in [5.74, 6) is -0.240. The molecule has 0 radical (unpaired) electrons. The lowest BCUT2D eigenvalue weighted by molar-refractivity contribution is -0.150. The maximum atomic E-state index is 15.5. The third-order valence-electron chi connectivity index (χ3n) is 13.1. The zero-order valence-electron chi connectivity index (χ0n) is 35.0. The summed E-state index contributed by atoms with van der Waals surface area (Å²) in [5, 5.41) is 6.01. The van der Waals surface area contributed by atoms with Gasteiger partial charge in [0.2, 0.25) is 11.8 Å². The first kappa shape index (κ1) is 41.0. The molecule has 5 aromatic rings. The minimum Gasteiger partial charge on any atom is -0.497 e.